The monoisotopic (exact) mass is 361 g/mol. The number of hydrogen-bond donors (Lipinski definition) is 1. The van der Waals surface area contributed by atoms with E-state index in [1.54, 1.807) is 24.4 Å². The van der Waals surface area contributed by atoms with E-state index in [1.807, 2.05) is 0 Å². The van der Waals surface area contributed by atoms with Gasteiger partial charge in [0.15, 0.2) is 5.69 Å². The Hall–Kier alpha value is -1.08. The fraction of sp³-hybridized carbons (Fsp3) is 0. The standard InChI is InChI=1S/C9H6N4O2.Tb/c14-9(15)7-5-11-13-8(12-7)6-3-1-2-4-10-6;/h1-5H,(H,14,15);. The third-order valence-corrected chi connectivity index (χ3v) is 1.67. The summed E-state index contributed by atoms with van der Waals surface area (Å²) in [7, 11) is 0. The number of rotatable bonds is 2. The fourth-order valence-electron chi connectivity index (χ4n) is 1.01. The molecule has 2 rings (SSSR count). The zero-order valence-electron chi connectivity index (χ0n) is 7.86. The van der Waals surface area contributed by atoms with Gasteiger partial charge in [-0.05, 0) is 12.1 Å². The molecule has 0 aromatic carbocycles. The minimum absolute atomic E-state index is 0. The molecule has 0 atom stereocenters. The largest absolute Gasteiger partial charge is 0.476 e. The number of nitrogens with zero attached hydrogens (tertiary/aromatic N) is 4. The molecule has 0 saturated carbocycles. The van der Waals surface area contributed by atoms with Crippen molar-refractivity contribution in [3.05, 3.63) is 36.3 Å². The average Bonchev–Trinajstić information content (AvgIpc) is 2.30. The molecule has 0 aliphatic rings. The molecule has 1 N–H and O–H groups in total. The Morgan fingerprint density at radius 2 is 2.12 bits per heavy atom. The predicted octanol–water partition coefficient (Wildman–Crippen LogP) is 0.632. The van der Waals surface area contributed by atoms with Crippen molar-refractivity contribution in [2.24, 2.45) is 0 Å². The van der Waals surface area contributed by atoms with Crippen LogP contribution in [-0.2, 0) is 0 Å². The molecular weight excluding hydrogens is 355 g/mol. The maximum Gasteiger partial charge on any atom is 0.356 e. The van der Waals surface area contributed by atoms with Crippen LogP contribution in [0, 0.1) is 38.6 Å². The second kappa shape index (κ2) is 5.85. The van der Waals surface area contributed by atoms with Crippen LogP contribution in [-0.4, -0.2) is 31.2 Å². The Bertz CT molecular complexity index is 492. The molecule has 0 aliphatic carbocycles. The van der Waals surface area contributed by atoms with Gasteiger partial charge < -0.3 is 5.11 Å². The Morgan fingerprint density at radius 3 is 2.75 bits per heavy atom. The van der Waals surface area contributed by atoms with E-state index in [2.05, 4.69) is 20.2 Å². The summed E-state index contributed by atoms with van der Waals surface area (Å²) in [5.74, 6) is -0.933. The van der Waals surface area contributed by atoms with E-state index in [0.717, 1.165) is 6.20 Å². The van der Waals surface area contributed by atoms with Gasteiger partial charge >= 0.3 is 5.97 Å². The first-order chi connectivity index (χ1) is 7.27. The van der Waals surface area contributed by atoms with Gasteiger partial charge in [-0.25, -0.2) is 9.78 Å². The number of carbonyl (C=O) groups is 1. The van der Waals surface area contributed by atoms with Crippen molar-refractivity contribution in [3.63, 3.8) is 0 Å². The third kappa shape index (κ3) is 2.95. The number of aromatic carboxylic acids is 1. The number of carboxylic acid groups (broad SMARTS) is 1. The zero-order valence-corrected chi connectivity index (χ0v) is 10.0. The van der Waals surface area contributed by atoms with Crippen molar-refractivity contribution in [3.8, 4) is 11.5 Å². The minimum atomic E-state index is -1.14. The van der Waals surface area contributed by atoms with Crippen LogP contribution in [0.5, 0.6) is 0 Å². The normalized spacial score (nSPS) is 9.25. The van der Waals surface area contributed by atoms with Gasteiger partial charge in [0.2, 0.25) is 5.82 Å². The van der Waals surface area contributed by atoms with Crippen LogP contribution in [0.2, 0.25) is 0 Å². The Balaban J connectivity index is 0.00000128. The molecule has 0 saturated heterocycles. The molecule has 2 aromatic rings. The van der Waals surface area contributed by atoms with Gasteiger partial charge in [-0.1, -0.05) is 6.07 Å². The third-order valence-electron chi connectivity index (χ3n) is 1.67. The van der Waals surface area contributed by atoms with Crippen LogP contribution in [0.4, 0.5) is 0 Å². The molecule has 16 heavy (non-hydrogen) atoms. The van der Waals surface area contributed by atoms with Gasteiger partial charge in [0.1, 0.15) is 5.69 Å². The van der Waals surface area contributed by atoms with E-state index in [9.17, 15) is 4.79 Å². The molecule has 2 heterocycles. The maximum atomic E-state index is 10.6. The summed E-state index contributed by atoms with van der Waals surface area (Å²) in [5, 5.41) is 16.0. The summed E-state index contributed by atoms with van der Waals surface area (Å²) in [6.07, 6.45) is 2.67. The van der Waals surface area contributed by atoms with E-state index in [0.29, 0.717) is 5.69 Å². The van der Waals surface area contributed by atoms with E-state index in [4.69, 9.17) is 5.11 Å². The van der Waals surface area contributed by atoms with Crippen molar-refractivity contribution >= 4 is 5.97 Å². The summed E-state index contributed by atoms with van der Waals surface area (Å²) in [4.78, 5) is 18.4. The smallest absolute Gasteiger partial charge is 0.356 e. The van der Waals surface area contributed by atoms with E-state index in [1.165, 1.54) is 0 Å². The number of hydrogen-bond acceptors (Lipinski definition) is 5. The van der Waals surface area contributed by atoms with Crippen molar-refractivity contribution in [1.82, 2.24) is 20.2 Å². The summed E-state index contributed by atoms with van der Waals surface area (Å²) in [6.45, 7) is 0. The fourth-order valence-corrected chi connectivity index (χ4v) is 1.01. The number of aromatic nitrogens is 4. The molecule has 6 nitrogen and oxygen atoms in total. The minimum Gasteiger partial charge on any atom is -0.476 e. The van der Waals surface area contributed by atoms with Crippen LogP contribution in [0.3, 0.4) is 0 Å². The van der Waals surface area contributed by atoms with Crippen LogP contribution < -0.4 is 0 Å². The molecule has 7 heteroatoms. The van der Waals surface area contributed by atoms with Crippen molar-refractivity contribution in [2.75, 3.05) is 0 Å². The molecule has 83 valence electrons. The number of carboxylic acids is 1. The van der Waals surface area contributed by atoms with Crippen LogP contribution in [0.25, 0.3) is 11.5 Å². The van der Waals surface area contributed by atoms with Crippen LogP contribution >= 0.6 is 0 Å². The first kappa shape index (κ1) is 13.0. The molecule has 1 radical (unpaired) electrons. The second-order valence-electron chi connectivity index (χ2n) is 2.69. The predicted molar refractivity (Wildman–Crippen MR) is 50.0 cm³/mol. The van der Waals surface area contributed by atoms with Gasteiger partial charge in [-0.15, -0.1) is 5.10 Å². The van der Waals surface area contributed by atoms with E-state index >= 15 is 0 Å². The summed E-state index contributed by atoms with van der Waals surface area (Å²) >= 11 is 0. The van der Waals surface area contributed by atoms with E-state index < -0.39 is 5.97 Å². The molecule has 0 spiro atoms. The van der Waals surface area contributed by atoms with Gasteiger partial charge in [-0.2, -0.15) is 5.10 Å². The van der Waals surface area contributed by atoms with Crippen molar-refractivity contribution in [2.45, 2.75) is 0 Å². The Kier molecular flexibility index (Phi) is 4.75. The average molecular weight is 361 g/mol. The van der Waals surface area contributed by atoms with E-state index in [-0.39, 0.29) is 50.1 Å². The molecule has 0 fully saturated rings. The molecular formula is C9H6N4O2Tb. The molecule has 0 aliphatic heterocycles. The van der Waals surface area contributed by atoms with Crippen LogP contribution in [0.15, 0.2) is 30.6 Å². The van der Waals surface area contributed by atoms with Gasteiger partial charge in [0, 0.05) is 44.8 Å². The first-order valence-corrected chi connectivity index (χ1v) is 4.12. The van der Waals surface area contributed by atoms with Gasteiger partial charge in [-0.3, -0.25) is 4.98 Å². The van der Waals surface area contributed by atoms with Crippen LogP contribution in [0.1, 0.15) is 10.5 Å². The summed E-state index contributed by atoms with van der Waals surface area (Å²) in [6, 6.07) is 5.19. The topological polar surface area (TPSA) is 88.9 Å². The quantitative estimate of drug-likeness (QED) is 0.844. The van der Waals surface area contributed by atoms with Gasteiger partial charge in [0.05, 0.1) is 6.20 Å². The van der Waals surface area contributed by atoms with Crippen molar-refractivity contribution < 1.29 is 48.5 Å². The Morgan fingerprint density at radius 1 is 1.31 bits per heavy atom. The molecule has 0 unspecified atom stereocenters. The first-order valence-electron chi connectivity index (χ1n) is 4.12. The maximum absolute atomic E-state index is 10.6. The van der Waals surface area contributed by atoms with Gasteiger partial charge in [0.25, 0.3) is 0 Å². The summed E-state index contributed by atoms with van der Waals surface area (Å²) < 4.78 is 0. The zero-order chi connectivity index (χ0) is 10.7. The number of pyridine rings is 1. The molecule has 0 bridgehead atoms. The SMILES string of the molecule is O=C(O)c1cnnc(-c2ccccn2)n1.[Tb]. The molecule has 2 aromatic heterocycles. The van der Waals surface area contributed by atoms with Crippen molar-refractivity contribution in [1.29, 1.82) is 0 Å². The Labute approximate surface area is 122 Å². The summed E-state index contributed by atoms with van der Waals surface area (Å²) in [5.41, 5.74) is 0.346. The second-order valence-corrected chi connectivity index (χ2v) is 2.69. The molecule has 0 amide bonds.